The van der Waals surface area contributed by atoms with Gasteiger partial charge in [0.2, 0.25) is 11.8 Å². The molecule has 0 saturated carbocycles. The van der Waals surface area contributed by atoms with Gasteiger partial charge < -0.3 is 28.9 Å². The molecule has 4 rings (SSSR count). The molecule has 0 aliphatic rings. The van der Waals surface area contributed by atoms with Gasteiger partial charge in [0.05, 0.1) is 36.8 Å². The molecule has 0 aliphatic carbocycles. The van der Waals surface area contributed by atoms with Crippen LogP contribution in [-0.2, 0) is 11.3 Å². The van der Waals surface area contributed by atoms with Gasteiger partial charge in [-0.15, -0.1) is 0 Å². The molecule has 35 heavy (non-hydrogen) atoms. The fourth-order valence-corrected chi connectivity index (χ4v) is 3.59. The molecule has 4 aromatic rings. The molecule has 0 radical (unpaired) electrons. The van der Waals surface area contributed by atoms with Gasteiger partial charge in [-0.2, -0.15) is 10.2 Å². The zero-order valence-electron chi connectivity index (χ0n) is 18.1. The Morgan fingerprint density at radius 2 is 1.97 bits per heavy atom. The molecule has 12 heteroatoms. The van der Waals surface area contributed by atoms with E-state index in [0.717, 1.165) is 0 Å². The molecule has 1 amide bonds. The van der Waals surface area contributed by atoms with E-state index in [0.29, 0.717) is 33.0 Å². The van der Waals surface area contributed by atoms with Gasteiger partial charge in [-0.05, 0) is 30.3 Å². The van der Waals surface area contributed by atoms with E-state index in [1.54, 1.807) is 30.3 Å². The summed E-state index contributed by atoms with van der Waals surface area (Å²) in [5, 5.41) is 21.2. The van der Waals surface area contributed by atoms with E-state index < -0.39 is 17.6 Å². The Balaban J connectivity index is 1.57. The molecule has 0 atom stereocenters. The van der Waals surface area contributed by atoms with Gasteiger partial charge in [-0.25, -0.2) is 4.79 Å². The van der Waals surface area contributed by atoms with Crippen molar-refractivity contribution in [1.29, 1.82) is 5.26 Å². The number of halogens is 1. The molecule has 0 saturated heterocycles. The summed E-state index contributed by atoms with van der Waals surface area (Å²) in [6.07, 6.45) is 2.75. The molecule has 176 valence electrons. The minimum atomic E-state index is -1.49. The Morgan fingerprint density at radius 1 is 1.17 bits per heavy atom. The predicted octanol–water partition coefficient (Wildman–Crippen LogP) is 3.39. The fourth-order valence-electron chi connectivity index (χ4n) is 3.42. The molecule has 2 N–H and O–H groups in total. The molecule has 1 aromatic carbocycles. The topological polar surface area (TPSA) is 148 Å². The summed E-state index contributed by atoms with van der Waals surface area (Å²) < 4.78 is 12.6. The van der Waals surface area contributed by atoms with Crippen LogP contribution >= 0.6 is 11.6 Å². The second kappa shape index (κ2) is 9.58. The second-order valence-electron chi connectivity index (χ2n) is 7.20. The highest BCUT2D eigenvalue weighted by Gasteiger charge is 2.16. The van der Waals surface area contributed by atoms with E-state index in [4.69, 9.17) is 21.4 Å². The Morgan fingerprint density at radius 3 is 2.69 bits per heavy atom. The summed E-state index contributed by atoms with van der Waals surface area (Å²) >= 11 is 6.07. The number of benzene rings is 1. The third-order valence-corrected chi connectivity index (χ3v) is 5.16. The zero-order chi connectivity index (χ0) is 25.1. The number of ether oxygens (including phenoxy) is 2. The number of carbonyl (C=O) groups is 2. The van der Waals surface area contributed by atoms with E-state index in [-0.39, 0.29) is 18.2 Å². The van der Waals surface area contributed by atoms with Gasteiger partial charge >= 0.3 is 6.16 Å². The van der Waals surface area contributed by atoms with Gasteiger partial charge in [0.15, 0.2) is 0 Å². The molecule has 3 aromatic heterocycles. The molecular weight excluding hydrogens is 478 g/mol. The quantitative estimate of drug-likeness (QED) is 0.388. The number of imidazole rings is 1. The number of pyridine rings is 2. The molecule has 0 fully saturated rings. The first-order valence-corrected chi connectivity index (χ1v) is 10.3. The number of nitriles is 1. The minimum absolute atomic E-state index is 0.112. The van der Waals surface area contributed by atoms with Crippen molar-refractivity contribution in [1.82, 2.24) is 14.0 Å². The molecule has 11 nitrogen and oxygen atoms in total. The van der Waals surface area contributed by atoms with E-state index in [1.165, 1.54) is 40.7 Å². The average molecular weight is 494 g/mol. The summed E-state index contributed by atoms with van der Waals surface area (Å²) in [6, 6.07) is 11.1. The van der Waals surface area contributed by atoms with Gasteiger partial charge in [0.1, 0.15) is 17.9 Å². The highest BCUT2D eigenvalue weighted by molar-refractivity contribution is 6.31. The van der Waals surface area contributed by atoms with Gasteiger partial charge in [-0.1, -0.05) is 11.6 Å². The number of anilines is 1. The maximum atomic E-state index is 12.8. The largest absolute Gasteiger partial charge is 0.512 e. The van der Waals surface area contributed by atoms with Gasteiger partial charge in [-0.3, -0.25) is 9.59 Å². The average Bonchev–Trinajstić information content (AvgIpc) is 3.20. The molecule has 3 heterocycles. The fraction of sp³-hybridized carbons (Fsp3) is 0.0870. The van der Waals surface area contributed by atoms with Crippen molar-refractivity contribution >= 4 is 35.0 Å². The van der Waals surface area contributed by atoms with E-state index in [9.17, 15) is 19.6 Å². The maximum absolute atomic E-state index is 12.8. The molecule has 0 spiro atoms. The number of carbonyl (C=O) groups excluding carboxylic acids is 1. The van der Waals surface area contributed by atoms with Crippen LogP contribution in [0.15, 0.2) is 59.8 Å². The monoisotopic (exact) mass is 493 g/mol. The number of fused-ring (bicyclic) bond motifs is 1. The van der Waals surface area contributed by atoms with Crippen LogP contribution < -0.4 is 20.3 Å². The SMILES string of the molecule is COc1cn(CC(=O)Nc2ccc3nc(OC(=O)O)cn3c2)c(=O)cc1-c1cc(Cl)ccc1C#N. The van der Waals surface area contributed by atoms with Crippen LogP contribution in [0.3, 0.4) is 0 Å². The van der Waals surface area contributed by atoms with Crippen LogP contribution in [0.25, 0.3) is 16.8 Å². The Hall–Kier alpha value is -4.82. The second-order valence-corrected chi connectivity index (χ2v) is 7.64. The third kappa shape index (κ3) is 5.07. The summed E-state index contributed by atoms with van der Waals surface area (Å²) in [5.41, 5.74) is 1.43. The lowest BCUT2D eigenvalue weighted by molar-refractivity contribution is -0.116. The van der Waals surface area contributed by atoms with Crippen LogP contribution in [0.2, 0.25) is 5.02 Å². The Kier molecular flexibility index (Phi) is 6.39. The van der Waals surface area contributed by atoms with Crippen LogP contribution in [0.4, 0.5) is 10.5 Å². The molecule has 0 bridgehead atoms. The number of carboxylic acid groups (broad SMARTS) is 1. The lowest BCUT2D eigenvalue weighted by atomic mass is 10.0. The number of methoxy groups -OCH3 is 1. The van der Waals surface area contributed by atoms with Gasteiger partial charge in [0, 0.05) is 28.4 Å². The van der Waals surface area contributed by atoms with Crippen molar-refractivity contribution < 1.29 is 24.2 Å². The smallest absolute Gasteiger partial charge is 0.495 e. The van der Waals surface area contributed by atoms with Crippen LogP contribution in [0, 0.1) is 11.3 Å². The van der Waals surface area contributed by atoms with Crippen LogP contribution in [-0.4, -0.2) is 38.2 Å². The highest BCUT2D eigenvalue weighted by Crippen LogP contribution is 2.32. The summed E-state index contributed by atoms with van der Waals surface area (Å²) in [6.45, 7) is -0.314. The number of aromatic nitrogens is 3. The predicted molar refractivity (Wildman–Crippen MR) is 125 cm³/mol. The summed E-state index contributed by atoms with van der Waals surface area (Å²) in [4.78, 5) is 40.0. The van der Waals surface area contributed by atoms with Crippen molar-refractivity contribution in [3.63, 3.8) is 0 Å². The molecule has 0 unspecified atom stereocenters. The van der Waals surface area contributed by atoms with Gasteiger partial charge in [0.25, 0.3) is 5.56 Å². The molecular formula is C23H16ClN5O6. The van der Waals surface area contributed by atoms with Crippen molar-refractivity contribution in [3.8, 4) is 28.8 Å². The number of hydrogen-bond acceptors (Lipinski definition) is 7. The van der Waals surface area contributed by atoms with Crippen molar-refractivity contribution in [2.45, 2.75) is 6.54 Å². The maximum Gasteiger partial charge on any atom is 0.512 e. The lowest BCUT2D eigenvalue weighted by Gasteiger charge is -2.14. The first kappa shape index (κ1) is 23.3. The highest BCUT2D eigenvalue weighted by atomic mass is 35.5. The number of rotatable bonds is 6. The number of amides is 1. The summed E-state index contributed by atoms with van der Waals surface area (Å²) in [5.74, 6) is -0.329. The summed E-state index contributed by atoms with van der Waals surface area (Å²) in [7, 11) is 1.41. The zero-order valence-corrected chi connectivity index (χ0v) is 18.8. The number of nitrogens with one attached hydrogen (secondary N) is 1. The minimum Gasteiger partial charge on any atom is -0.495 e. The number of nitrogens with zero attached hydrogens (tertiary/aromatic N) is 4. The van der Waals surface area contributed by atoms with Crippen LogP contribution in [0.5, 0.6) is 11.6 Å². The van der Waals surface area contributed by atoms with E-state index >= 15 is 0 Å². The van der Waals surface area contributed by atoms with Crippen molar-refractivity contribution in [2.75, 3.05) is 12.4 Å². The Labute approximate surface area is 202 Å². The number of hydrogen-bond donors (Lipinski definition) is 2. The normalized spacial score (nSPS) is 10.5. The Bertz CT molecular complexity index is 1570. The lowest BCUT2D eigenvalue weighted by Crippen LogP contribution is -2.27. The van der Waals surface area contributed by atoms with E-state index in [1.807, 2.05) is 0 Å². The molecule has 0 aliphatic heterocycles. The standard InChI is InChI=1S/C23H16ClN5O6/c1-34-18-10-29(22(31)7-17(18)16-6-14(24)3-2-13(16)8-25)11-20(30)26-15-4-5-19-27-21(35-23(32)33)12-28(19)9-15/h2-7,9-10,12H,11H2,1H3,(H,26,30)(H,32,33). The third-order valence-electron chi connectivity index (χ3n) is 4.92. The first-order valence-electron chi connectivity index (χ1n) is 9.95. The van der Waals surface area contributed by atoms with Crippen LogP contribution in [0.1, 0.15) is 5.56 Å². The van der Waals surface area contributed by atoms with E-state index in [2.05, 4.69) is 21.1 Å². The van der Waals surface area contributed by atoms with Crippen molar-refractivity contribution in [3.05, 3.63) is 75.9 Å². The first-order chi connectivity index (χ1) is 16.8. The van der Waals surface area contributed by atoms with Crippen molar-refractivity contribution in [2.24, 2.45) is 0 Å².